The summed E-state index contributed by atoms with van der Waals surface area (Å²) in [5.74, 6) is -2.15. The number of carbonyl (C=O) groups is 5. The van der Waals surface area contributed by atoms with E-state index in [0.717, 1.165) is 6.20 Å². The first-order valence-corrected chi connectivity index (χ1v) is 16.8. The van der Waals surface area contributed by atoms with Crippen molar-refractivity contribution in [3.63, 3.8) is 0 Å². The predicted octanol–water partition coefficient (Wildman–Crippen LogP) is 2.30. The quantitative estimate of drug-likeness (QED) is 0.0492. The van der Waals surface area contributed by atoms with Crippen LogP contribution in [0.15, 0.2) is 36.6 Å². The zero-order valence-corrected chi connectivity index (χ0v) is 29.8. The Morgan fingerprint density at radius 2 is 1.47 bits per heavy atom. The van der Waals surface area contributed by atoms with E-state index in [1.165, 1.54) is 18.2 Å². The molecule has 13 heteroatoms. The average molecular weight is 663 g/mol. The number of hydroxylamine groups is 1. The highest BCUT2D eigenvalue weighted by Gasteiger charge is 2.31. The lowest BCUT2D eigenvalue weighted by atomic mass is 9.97. The van der Waals surface area contributed by atoms with Crippen molar-refractivity contribution in [1.82, 2.24) is 37.4 Å². The fourth-order valence-electron chi connectivity index (χ4n) is 4.78. The minimum atomic E-state index is -0.942. The van der Waals surface area contributed by atoms with Crippen LogP contribution in [-0.4, -0.2) is 72.8 Å². The number of nitrogens with one attached hydrogen (secondary N) is 7. The number of hydrogen-bond donors (Lipinski definition) is 7. The Bertz CT molecular complexity index is 1080. The number of amides is 5. The molecule has 0 radical (unpaired) electrons. The molecule has 0 aromatic carbocycles. The van der Waals surface area contributed by atoms with Crippen LogP contribution in [0, 0.1) is 23.0 Å². The first kappa shape index (κ1) is 43.3. The molecule has 0 fully saturated rings. The van der Waals surface area contributed by atoms with Crippen molar-refractivity contribution in [3.05, 3.63) is 41.8 Å². The van der Waals surface area contributed by atoms with Crippen LogP contribution in [-0.2, 0) is 24.0 Å². The summed E-state index contributed by atoms with van der Waals surface area (Å²) in [6.45, 7) is 21.2. The Morgan fingerprint density at radius 1 is 0.809 bits per heavy atom. The summed E-state index contributed by atoms with van der Waals surface area (Å²) in [7, 11) is 0. The summed E-state index contributed by atoms with van der Waals surface area (Å²) in [5, 5.41) is 28.0. The molecular formula is C34H60N7O6-. The van der Waals surface area contributed by atoms with Gasteiger partial charge in [0.15, 0.2) is 0 Å². The van der Waals surface area contributed by atoms with Gasteiger partial charge in [0.25, 0.3) is 5.91 Å². The molecule has 0 aromatic heterocycles. The topological polar surface area (TPSA) is 193 Å². The largest absolute Gasteiger partial charge is 0.761 e. The van der Waals surface area contributed by atoms with E-state index in [2.05, 4.69) is 38.5 Å². The second kappa shape index (κ2) is 23.6. The zero-order valence-electron chi connectivity index (χ0n) is 29.8. The van der Waals surface area contributed by atoms with E-state index in [9.17, 15) is 29.2 Å². The van der Waals surface area contributed by atoms with Gasteiger partial charge >= 0.3 is 0 Å². The van der Waals surface area contributed by atoms with E-state index in [0.29, 0.717) is 32.2 Å². The number of allylic oxidation sites excluding steroid dienone is 2. The first-order valence-electron chi connectivity index (χ1n) is 16.8. The fourth-order valence-corrected chi connectivity index (χ4v) is 4.78. The van der Waals surface area contributed by atoms with E-state index in [1.807, 2.05) is 55.4 Å². The van der Waals surface area contributed by atoms with E-state index >= 15 is 0 Å². The molecule has 0 aromatic rings. The number of hydrogen-bond acceptors (Lipinski definition) is 8. The van der Waals surface area contributed by atoms with Crippen molar-refractivity contribution in [2.75, 3.05) is 13.1 Å². The van der Waals surface area contributed by atoms with Crippen molar-refractivity contribution in [2.45, 2.75) is 118 Å². The molecule has 5 amide bonds. The van der Waals surface area contributed by atoms with Crippen LogP contribution in [0.5, 0.6) is 0 Å². The first-order chi connectivity index (χ1) is 22.2. The maximum Gasteiger partial charge on any atom is 0.251 e. The molecule has 47 heavy (non-hydrogen) atoms. The standard InChI is InChI=1S/C34H60N7O6/c1-11-15-25(17-18-37-47)31(43)41-29(23(9)13-3)34(46)39-27(16-12-2)32(44)38-26(19-21(5)6)20-36-24(10)30(42)40-28(22(7)8)33(45)35-14-4/h11,15,17-18,21-24,26-29,36-37H,1,12-14,16,19-20H2,2-10H3,(H,35,45)(H,38,44)(H,39,46)(H,40,42)(H,41,43)/q-1/b18-17-,25-15+/t23-,24-,26-,27+,28-,29-/m0/s1. The molecular weight excluding hydrogens is 602 g/mol. The van der Waals surface area contributed by atoms with Crippen LogP contribution >= 0.6 is 0 Å². The summed E-state index contributed by atoms with van der Waals surface area (Å²) in [4.78, 5) is 65.4. The van der Waals surface area contributed by atoms with Crippen LogP contribution < -0.4 is 37.4 Å². The van der Waals surface area contributed by atoms with Gasteiger partial charge in [-0.05, 0) is 62.8 Å². The van der Waals surface area contributed by atoms with Gasteiger partial charge in [0.05, 0.1) is 6.04 Å². The normalized spacial score (nSPS) is 15.6. The summed E-state index contributed by atoms with van der Waals surface area (Å²) in [6, 6.07) is -3.46. The van der Waals surface area contributed by atoms with E-state index in [-0.39, 0.29) is 53.6 Å². The van der Waals surface area contributed by atoms with Crippen LogP contribution in [0.4, 0.5) is 0 Å². The Balaban J connectivity index is 5.74. The molecule has 0 unspecified atom stereocenters. The zero-order chi connectivity index (χ0) is 36.1. The Hall–Kier alpha value is -3.71. The maximum atomic E-state index is 13.6. The summed E-state index contributed by atoms with van der Waals surface area (Å²) >= 11 is 0. The number of carbonyl (C=O) groups excluding carboxylic acids is 5. The van der Waals surface area contributed by atoms with Gasteiger partial charge < -0.3 is 42.6 Å². The Kier molecular flexibility index (Phi) is 21.7. The monoisotopic (exact) mass is 662 g/mol. The van der Waals surface area contributed by atoms with Crippen molar-refractivity contribution < 1.29 is 24.0 Å². The van der Waals surface area contributed by atoms with Gasteiger partial charge in [-0.1, -0.05) is 74.0 Å². The molecule has 0 spiro atoms. The van der Waals surface area contributed by atoms with Crippen LogP contribution in [0.25, 0.3) is 0 Å². The van der Waals surface area contributed by atoms with E-state index < -0.39 is 36.0 Å². The second-order valence-corrected chi connectivity index (χ2v) is 12.6. The highest BCUT2D eigenvalue weighted by molar-refractivity contribution is 6.00. The minimum Gasteiger partial charge on any atom is -0.761 e. The van der Waals surface area contributed by atoms with Gasteiger partial charge in [0, 0.05) is 24.7 Å². The molecule has 268 valence electrons. The van der Waals surface area contributed by atoms with Crippen molar-refractivity contribution in [1.29, 1.82) is 0 Å². The lowest BCUT2D eigenvalue weighted by Crippen LogP contribution is -2.58. The van der Waals surface area contributed by atoms with Gasteiger partial charge in [0.2, 0.25) is 23.6 Å². The summed E-state index contributed by atoms with van der Waals surface area (Å²) < 4.78 is 0. The smallest absolute Gasteiger partial charge is 0.251 e. The lowest BCUT2D eigenvalue weighted by molar-refractivity contribution is -0.132. The van der Waals surface area contributed by atoms with Crippen LogP contribution in [0.1, 0.15) is 88.0 Å². The molecule has 0 aliphatic rings. The van der Waals surface area contributed by atoms with Crippen molar-refractivity contribution in [2.24, 2.45) is 17.8 Å². The molecule has 0 aliphatic carbocycles. The van der Waals surface area contributed by atoms with Gasteiger partial charge in [0.1, 0.15) is 18.1 Å². The van der Waals surface area contributed by atoms with Gasteiger partial charge in [-0.3, -0.25) is 24.0 Å². The summed E-state index contributed by atoms with van der Waals surface area (Å²) in [6.07, 6.45) is 7.33. The SMILES string of the molecule is C=C/C=C(\C=C/N[O-])C(=O)N[C@H](C(=O)N[C@H](CCC)C(=O)N[C@H](CN[C@@H](C)C(=O)N[C@H](C(=O)NCC)C(C)C)CC(C)C)[C@@H](C)CC. The third kappa shape index (κ3) is 16.6. The average Bonchev–Trinajstić information content (AvgIpc) is 3.01. The summed E-state index contributed by atoms with van der Waals surface area (Å²) in [5.41, 5.74) is 1.72. The minimum absolute atomic E-state index is 0.103. The molecule has 13 nitrogen and oxygen atoms in total. The molecule has 0 heterocycles. The van der Waals surface area contributed by atoms with E-state index in [4.69, 9.17) is 0 Å². The highest BCUT2D eigenvalue weighted by Crippen LogP contribution is 2.12. The van der Waals surface area contributed by atoms with Gasteiger partial charge in [-0.2, -0.15) is 0 Å². The highest BCUT2D eigenvalue weighted by atomic mass is 16.5. The Labute approximate surface area is 281 Å². The Morgan fingerprint density at radius 3 is 1.98 bits per heavy atom. The van der Waals surface area contributed by atoms with Crippen molar-refractivity contribution >= 4 is 29.5 Å². The molecule has 0 rings (SSSR count). The molecule has 0 bridgehead atoms. The fraction of sp³-hybridized carbons (Fsp3) is 0.676. The molecule has 7 N–H and O–H groups in total. The predicted molar refractivity (Wildman–Crippen MR) is 186 cm³/mol. The molecule has 0 aliphatic heterocycles. The van der Waals surface area contributed by atoms with Gasteiger partial charge in [-0.15, -0.1) is 0 Å². The molecule has 0 saturated heterocycles. The second-order valence-electron chi connectivity index (χ2n) is 12.6. The molecule has 6 atom stereocenters. The van der Waals surface area contributed by atoms with Crippen LogP contribution in [0.2, 0.25) is 0 Å². The third-order valence-corrected chi connectivity index (χ3v) is 7.65. The lowest BCUT2D eigenvalue weighted by Gasteiger charge is -2.29. The van der Waals surface area contributed by atoms with Crippen molar-refractivity contribution in [3.8, 4) is 0 Å². The number of rotatable bonds is 23. The van der Waals surface area contributed by atoms with Crippen LogP contribution in [0.3, 0.4) is 0 Å². The van der Waals surface area contributed by atoms with E-state index in [1.54, 1.807) is 12.4 Å². The van der Waals surface area contributed by atoms with Gasteiger partial charge in [-0.25, -0.2) is 0 Å². The number of likely N-dealkylation sites (N-methyl/N-ethyl adjacent to an activating group) is 1. The molecule has 0 saturated carbocycles. The third-order valence-electron chi connectivity index (χ3n) is 7.65. The maximum absolute atomic E-state index is 13.6.